The fourth-order valence-electron chi connectivity index (χ4n) is 4.87. The predicted octanol–water partition coefficient (Wildman–Crippen LogP) is 4.19. The fraction of sp³-hybridized carbons (Fsp3) is 0.440. The van der Waals surface area contributed by atoms with Crippen molar-refractivity contribution < 1.29 is 23.0 Å². The van der Waals surface area contributed by atoms with Crippen LogP contribution in [0.25, 0.3) is 16.6 Å². The Kier molecular flexibility index (Phi) is 5.45. The summed E-state index contributed by atoms with van der Waals surface area (Å²) in [5, 5.41) is 10.8. The van der Waals surface area contributed by atoms with Crippen LogP contribution in [-0.4, -0.2) is 46.9 Å². The molecule has 4 heterocycles. The van der Waals surface area contributed by atoms with Crippen LogP contribution in [0.1, 0.15) is 37.7 Å². The van der Waals surface area contributed by atoms with Gasteiger partial charge in [0.25, 0.3) is 6.43 Å². The van der Waals surface area contributed by atoms with Crippen LogP contribution in [-0.2, 0) is 9.53 Å². The molecule has 7 nitrogen and oxygen atoms in total. The van der Waals surface area contributed by atoms with Crippen LogP contribution in [0, 0.1) is 5.92 Å². The summed E-state index contributed by atoms with van der Waals surface area (Å²) in [4.78, 5) is 12.1. The molecule has 2 saturated heterocycles. The highest BCUT2D eigenvalue weighted by molar-refractivity contribution is 5.93. The third kappa shape index (κ3) is 4.37. The molecular weight excluding hydrogens is 442 g/mol. The Morgan fingerprint density at radius 2 is 1.94 bits per heavy atom. The van der Waals surface area contributed by atoms with Gasteiger partial charge in [0.05, 0.1) is 18.7 Å². The lowest BCUT2D eigenvalue weighted by molar-refractivity contribution is -0.117. The maximum absolute atomic E-state index is 13.5. The summed E-state index contributed by atoms with van der Waals surface area (Å²) in [5.41, 5.74) is 2.07. The minimum absolute atomic E-state index is 0.0129. The van der Waals surface area contributed by atoms with Gasteiger partial charge in [-0.25, -0.2) is 13.3 Å². The summed E-state index contributed by atoms with van der Waals surface area (Å²) in [5.74, 6) is 1.14. The van der Waals surface area contributed by atoms with Gasteiger partial charge in [0.2, 0.25) is 5.91 Å². The summed E-state index contributed by atoms with van der Waals surface area (Å²) < 4.78 is 40.8. The first-order valence-corrected chi connectivity index (χ1v) is 11.7. The number of pyridine rings is 1. The highest BCUT2D eigenvalue weighted by Gasteiger charge is 2.33. The third-order valence-electron chi connectivity index (χ3n) is 6.73. The van der Waals surface area contributed by atoms with Crippen LogP contribution >= 0.6 is 0 Å². The number of morpholine rings is 1. The van der Waals surface area contributed by atoms with E-state index in [-0.39, 0.29) is 35.6 Å². The normalized spacial score (nSPS) is 24.4. The van der Waals surface area contributed by atoms with Crippen molar-refractivity contribution in [1.82, 2.24) is 14.9 Å². The first kappa shape index (κ1) is 21.5. The van der Waals surface area contributed by atoms with Crippen LogP contribution in [0.5, 0.6) is 5.75 Å². The first-order valence-electron chi connectivity index (χ1n) is 11.7. The van der Waals surface area contributed by atoms with Crippen LogP contribution in [0.2, 0.25) is 0 Å². The second-order valence-electron chi connectivity index (χ2n) is 9.44. The number of rotatable bonds is 6. The molecule has 3 fully saturated rings. The zero-order chi connectivity index (χ0) is 23.2. The van der Waals surface area contributed by atoms with E-state index in [9.17, 15) is 13.6 Å². The number of nitrogens with zero attached hydrogens (tertiary/aromatic N) is 2. The lowest BCUT2D eigenvalue weighted by Gasteiger charge is -2.40. The largest absolute Gasteiger partial charge is 0.490 e. The molecule has 3 aromatic rings. The van der Waals surface area contributed by atoms with Crippen molar-refractivity contribution in [3.05, 3.63) is 48.2 Å². The van der Waals surface area contributed by atoms with E-state index in [1.54, 1.807) is 22.8 Å². The molecule has 2 bridgehead atoms. The second kappa shape index (κ2) is 8.63. The number of anilines is 1. The number of fused-ring (bicyclic) bond motifs is 3. The van der Waals surface area contributed by atoms with Crippen molar-refractivity contribution in [3.63, 3.8) is 0 Å². The van der Waals surface area contributed by atoms with E-state index in [4.69, 9.17) is 9.47 Å². The van der Waals surface area contributed by atoms with Crippen LogP contribution in [0.4, 0.5) is 14.6 Å². The van der Waals surface area contributed by atoms with Gasteiger partial charge in [0.1, 0.15) is 11.9 Å². The van der Waals surface area contributed by atoms with Gasteiger partial charge in [-0.1, -0.05) is 0 Å². The van der Waals surface area contributed by atoms with Crippen molar-refractivity contribution in [1.29, 1.82) is 0 Å². The van der Waals surface area contributed by atoms with E-state index < -0.39 is 6.43 Å². The number of carbonyl (C=O) groups excluding carboxylic acids is 1. The maximum atomic E-state index is 13.5. The Morgan fingerprint density at radius 3 is 2.68 bits per heavy atom. The number of aromatic nitrogens is 2. The topological polar surface area (TPSA) is 76.9 Å². The summed E-state index contributed by atoms with van der Waals surface area (Å²) >= 11 is 0. The van der Waals surface area contributed by atoms with Crippen molar-refractivity contribution in [2.24, 2.45) is 5.92 Å². The number of hydrogen-bond acceptors (Lipinski definition) is 5. The minimum atomic E-state index is -2.58. The molecule has 1 aliphatic carbocycles. The molecule has 1 unspecified atom stereocenters. The van der Waals surface area contributed by atoms with Crippen LogP contribution in [0.3, 0.4) is 0 Å². The van der Waals surface area contributed by atoms with Gasteiger partial charge < -0.3 is 20.1 Å². The van der Waals surface area contributed by atoms with Gasteiger partial charge in [-0.05, 0) is 48.7 Å². The summed E-state index contributed by atoms with van der Waals surface area (Å²) in [6.07, 6.45) is 2.61. The molecule has 2 N–H and O–H groups in total. The summed E-state index contributed by atoms with van der Waals surface area (Å²) in [7, 11) is 0. The van der Waals surface area contributed by atoms with Crippen LogP contribution < -0.4 is 15.4 Å². The van der Waals surface area contributed by atoms with Gasteiger partial charge in [-0.15, -0.1) is 0 Å². The smallest absolute Gasteiger partial charge is 0.263 e. The zero-order valence-electron chi connectivity index (χ0n) is 18.5. The number of hydrogen-bond donors (Lipinski definition) is 2. The highest BCUT2D eigenvalue weighted by Crippen LogP contribution is 2.37. The molecule has 6 rings (SSSR count). The molecule has 3 aliphatic rings. The number of alkyl halides is 2. The number of benzene rings is 1. The number of nitrogens with one attached hydrogen (secondary N) is 2. The van der Waals surface area contributed by atoms with E-state index in [0.29, 0.717) is 30.3 Å². The Hall–Kier alpha value is -3.04. The van der Waals surface area contributed by atoms with Gasteiger partial charge in [0.15, 0.2) is 5.82 Å². The lowest BCUT2D eigenvalue weighted by atomic mass is 9.94. The quantitative estimate of drug-likeness (QED) is 0.568. The monoisotopic (exact) mass is 468 g/mol. The zero-order valence-corrected chi connectivity index (χ0v) is 18.5. The third-order valence-corrected chi connectivity index (χ3v) is 6.73. The highest BCUT2D eigenvalue weighted by atomic mass is 19.3. The molecule has 9 heteroatoms. The molecule has 1 amide bonds. The standard InChI is InChI=1S/C25H26F2N4O3/c26-24(27)16-3-4-22(34-20-9-17-12-33-13-18(10-20)28-17)21(8-16)15-5-6-31-19(7-15)11-23(30-31)29-25(32)14-1-2-14/h3-8,11,14,17-18,20,24,28H,1-2,9-10,12-13H2,(H,29,30,32)/t17-,18+,20?. The van der Waals surface area contributed by atoms with Gasteiger partial charge in [-0.3, -0.25) is 4.79 Å². The number of ether oxygens (including phenoxy) is 2. The molecule has 0 spiro atoms. The molecule has 34 heavy (non-hydrogen) atoms. The van der Waals surface area contributed by atoms with Crippen LogP contribution in [0.15, 0.2) is 42.6 Å². The molecule has 2 aliphatic heterocycles. The van der Waals surface area contributed by atoms with Gasteiger partial charge >= 0.3 is 0 Å². The number of amides is 1. The molecule has 1 saturated carbocycles. The van der Waals surface area contributed by atoms with Gasteiger partial charge in [-0.2, -0.15) is 5.10 Å². The first-order chi connectivity index (χ1) is 16.5. The predicted molar refractivity (Wildman–Crippen MR) is 122 cm³/mol. The van der Waals surface area contributed by atoms with Crippen molar-refractivity contribution >= 4 is 17.2 Å². The molecule has 2 aromatic heterocycles. The molecule has 178 valence electrons. The van der Waals surface area contributed by atoms with E-state index in [0.717, 1.165) is 36.8 Å². The Labute approximate surface area is 195 Å². The maximum Gasteiger partial charge on any atom is 0.263 e. The lowest BCUT2D eigenvalue weighted by Crippen LogP contribution is -2.56. The number of carbonyl (C=O) groups is 1. The molecule has 0 radical (unpaired) electrons. The molecule has 1 aromatic carbocycles. The number of halogens is 2. The summed E-state index contributed by atoms with van der Waals surface area (Å²) in [6, 6.07) is 10.6. The van der Waals surface area contributed by atoms with Crippen molar-refractivity contribution in [3.8, 4) is 16.9 Å². The van der Waals surface area contributed by atoms with E-state index in [1.807, 2.05) is 12.1 Å². The Bertz CT molecular complexity index is 1210. The SMILES string of the molecule is O=C(Nc1cc2cc(-c3cc(C(F)F)ccc3OC3C[C@H]4COC[C@@H](C3)N4)ccn2n1)C1CC1. The van der Waals surface area contributed by atoms with E-state index in [1.165, 1.54) is 12.1 Å². The average Bonchev–Trinajstić information content (AvgIpc) is 3.59. The molecular formula is C25H26F2N4O3. The number of piperidine rings is 1. The Balaban J connectivity index is 1.30. The van der Waals surface area contributed by atoms with E-state index >= 15 is 0 Å². The second-order valence-corrected chi connectivity index (χ2v) is 9.44. The fourth-order valence-corrected chi connectivity index (χ4v) is 4.87. The summed E-state index contributed by atoms with van der Waals surface area (Å²) in [6.45, 7) is 1.32. The average molecular weight is 469 g/mol. The van der Waals surface area contributed by atoms with Crippen molar-refractivity contribution in [2.75, 3.05) is 18.5 Å². The molecule has 3 atom stereocenters. The van der Waals surface area contributed by atoms with E-state index in [2.05, 4.69) is 15.7 Å². The minimum Gasteiger partial charge on any atom is -0.490 e. The Morgan fingerprint density at radius 1 is 1.15 bits per heavy atom. The van der Waals surface area contributed by atoms with Crippen molar-refractivity contribution in [2.45, 2.75) is 50.3 Å². The van der Waals surface area contributed by atoms with Gasteiger partial charge in [0, 0.05) is 54.2 Å².